The van der Waals surface area contributed by atoms with Gasteiger partial charge in [0, 0.05) is 12.6 Å². The van der Waals surface area contributed by atoms with E-state index in [1.165, 1.54) is 23.7 Å². The van der Waals surface area contributed by atoms with Crippen LogP contribution in [0, 0.1) is 0 Å². The third-order valence-corrected chi connectivity index (χ3v) is 5.40. The summed E-state index contributed by atoms with van der Waals surface area (Å²) < 4.78 is 57.4. The molecule has 1 aromatic rings. The molecule has 24 heavy (non-hydrogen) atoms. The highest BCUT2D eigenvalue weighted by molar-refractivity contribution is 7.88. The second kappa shape index (κ2) is 7.12. The first-order chi connectivity index (χ1) is 11.1. The maximum absolute atomic E-state index is 11.7. The molecule has 0 unspecified atom stereocenters. The smallest absolute Gasteiger partial charge is 0.306 e. The molecule has 1 saturated heterocycles. The van der Waals surface area contributed by atoms with Crippen molar-refractivity contribution in [2.45, 2.75) is 18.9 Å². The molecule has 0 bridgehead atoms. The average molecular weight is 375 g/mol. The highest BCUT2D eigenvalue weighted by atomic mass is 32.2. The summed E-state index contributed by atoms with van der Waals surface area (Å²) in [7, 11) is -5.45. The number of hydrogen-bond donors (Lipinski definition) is 0. The first-order valence-electron chi connectivity index (χ1n) is 7.32. The van der Waals surface area contributed by atoms with E-state index in [0.29, 0.717) is 6.54 Å². The molecule has 0 saturated carbocycles. The van der Waals surface area contributed by atoms with E-state index < -0.39 is 20.1 Å². The molecule has 9 heteroatoms. The fraction of sp³-hybridized carbons (Fsp3) is 0.467. The van der Waals surface area contributed by atoms with Gasteiger partial charge in [0.15, 0.2) is 11.5 Å². The van der Waals surface area contributed by atoms with Gasteiger partial charge in [-0.2, -0.15) is 12.7 Å². The van der Waals surface area contributed by atoms with Gasteiger partial charge in [0.25, 0.3) is 0 Å². The molecule has 1 fully saturated rings. The van der Waals surface area contributed by atoms with Crippen LogP contribution >= 0.6 is 0 Å². The van der Waals surface area contributed by atoms with Gasteiger partial charge in [-0.15, -0.1) is 0 Å². The molecule has 1 heterocycles. The molecule has 2 rings (SSSR count). The lowest BCUT2D eigenvalue weighted by Gasteiger charge is -2.18. The van der Waals surface area contributed by atoms with Crippen LogP contribution in [0.4, 0.5) is 0 Å². The third kappa shape index (κ3) is 4.96. The minimum absolute atomic E-state index is 0.107. The Labute approximate surface area is 143 Å². The van der Waals surface area contributed by atoms with Crippen molar-refractivity contribution in [3.05, 3.63) is 29.8 Å². The van der Waals surface area contributed by atoms with Gasteiger partial charge in [-0.05, 0) is 30.5 Å². The van der Waals surface area contributed by atoms with Gasteiger partial charge in [0.2, 0.25) is 10.0 Å². The maximum atomic E-state index is 11.7. The number of hydrogen-bond acceptors (Lipinski definition) is 6. The monoisotopic (exact) mass is 375 g/mol. The molecular formula is C15H21NO6S2. The predicted octanol–water partition coefficient (Wildman–Crippen LogP) is 1.47. The molecule has 1 aromatic carbocycles. The molecule has 7 nitrogen and oxygen atoms in total. The summed E-state index contributed by atoms with van der Waals surface area (Å²) in [6.07, 6.45) is 7.39. The highest BCUT2D eigenvalue weighted by Gasteiger charge is 2.29. The van der Waals surface area contributed by atoms with Crippen molar-refractivity contribution in [1.82, 2.24) is 4.31 Å². The van der Waals surface area contributed by atoms with Gasteiger partial charge < -0.3 is 8.92 Å². The van der Waals surface area contributed by atoms with Crippen LogP contribution in [0.25, 0.3) is 6.08 Å². The van der Waals surface area contributed by atoms with Crippen molar-refractivity contribution in [2.24, 2.45) is 0 Å². The summed E-state index contributed by atoms with van der Waals surface area (Å²) >= 11 is 0. The minimum atomic E-state index is -3.64. The molecule has 1 aliphatic rings. The quantitative estimate of drug-likeness (QED) is 0.700. The molecule has 0 spiro atoms. The Morgan fingerprint density at radius 1 is 1.17 bits per heavy atom. The van der Waals surface area contributed by atoms with E-state index in [-0.39, 0.29) is 17.5 Å². The Hall–Kier alpha value is -1.58. The van der Waals surface area contributed by atoms with E-state index in [1.54, 1.807) is 18.2 Å². The topological polar surface area (TPSA) is 90.0 Å². The van der Waals surface area contributed by atoms with Crippen LogP contribution in [0.3, 0.4) is 0 Å². The normalized spacial score (nSPS) is 19.7. The number of benzene rings is 1. The molecule has 0 aromatic heterocycles. The Morgan fingerprint density at radius 3 is 2.46 bits per heavy atom. The van der Waals surface area contributed by atoms with Crippen LogP contribution in [-0.4, -0.2) is 53.3 Å². The van der Waals surface area contributed by atoms with Crippen molar-refractivity contribution in [1.29, 1.82) is 0 Å². The molecule has 0 aliphatic carbocycles. The molecular weight excluding hydrogens is 354 g/mol. The van der Waals surface area contributed by atoms with Gasteiger partial charge in [-0.25, -0.2) is 8.42 Å². The SMILES string of the molecule is COc1cc(/C=C/[C@H]2CCCN2S(C)(=O)=O)ccc1OS(C)(=O)=O. The zero-order valence-electron chi connectivity index (χ0n) is 13.8. The number of rotatable bonds is 6. The van der Waals surface area contributed by atoms with Crippen LogP contribution < -0.4 is 8.92 Å². The van der Waals surface area contributed by atoms with E-state index in [2.05, 4.69) is 0 Å². The highest BCUT2D eigenvalue weighted by Crippen LogP contribution is 2.30. The predicted molar refractivity (Wildman–Crippen MR) is 92.1 cm³/mol. The van der Waals surface area contributed by atoms with Crippen LogP contribution in [0.2, 0.25) is 0 Å². The minimum Gasteiger partial charge on any atom is -0.493 e. The summed E-state index contributed by atoms with van der Waals surface area (Å²) in [4.78, 5) is 0. The fourth-order valence-electron chi connectivity index (χ4n) is 2.61. The van der Waals surface area contributed by atoms with E-state index in [0.717, 1.165) is 24.7 Å². The molecule has 1 aliphatic heterocycles. The van der Waals surface area contributed by atoms with E-state index in [1.807, 2.05) is 6.08 Å². The summed E-state index contributed by atoms with van der Waals surface area (Å²) in [6, 6.07) is 4.65. The zero-order chi connectivity index (χ0) is 18.0. The van der Waals surface area contributed by atoms with Crippen LogP contribution in [0.15, 0.2) is 24.3 Å². The number of nitrogens with zero attached hydrogens (tertiary/aromatic N) is 1. The first kappa shape index (κ1) is 18.8. The average Bonchev–Trinajstić information content (AvgIpc) is 2.93. The standard InChI is InChI=1S/C15H21NO6S2/c1-21-15-11-12(7-9-14(15)22-24(3,19)20)6-8-13-5-4-10-16(13)23(2,17)18/h6-9,11,13H,4-5,10H2,1-3H3/b8-6+/t13-/m1/s1. The number of methoxy groups -OCH3 is 1. The number of ether oxygens (including phenoxy) is 1. The van der Waals surface area contributed by atoms with E-state index >= 15 is 0 Å². The van der Waals surface area contributed by atoms with Crippen molar-refractivity contribution in [2.75, 3.05) is 26.2 Å². The summed E-state index contributed by atoms with van der Waals surface area (Å²) in [5.74, 6) is 0.393. The van der Waals surface area contributed by atoms with Crippen molar-refractivity contribution < 1.29 is 25.8 Å². The van der Waals surface area contributed by atoms with Crippen molar-refractivity contribution in [3.8, 4) is 11.5 Å². The van der Waals surface area contributed by atoms with Crippen molar-refractivity contribution in [3.63, 3.8) is 0 Å². The zero-order valence-corrected chi connectivity index (χ0v) is 15.4. The first-order valence-corrected chi connectivity index (χ1v) is 11.0. The maximum Gasteiger partial charge on any atom is 0.306 e. The molecule has 1 atom stereocenters. The van der Waals surface area contributed by atoms with E-state index in [9.17, 15) is 16.8 Å². The van der Waals surface area contributed by atoms with Crippen LogP contribution in [0.5, 0.6) is 11.5 Å². The summed E-state index contributed by atoms with van der Waals surface area (Å²) in [5.41, 5.74) is 0.757. The lowest BCUT2D eigenvalue weighted by atomic mass is 10.1. The van der Waals surface area contributed by atoms with Gasteiger partial charge in [-0.1, -0.05) is 18.2 Å². The lowest BCUT2D eigenvalue weighted by Crippen LogP contribution is -2.33. The van der Waals surface area contributed by atoms with Gasteiger partial charge in [0.1, 0.15) is 0 Å². The second-order valence-corrected chi connectivity index (χ2v) is 9.15. The van der Waals surface area contributed by atoms with Gasteiger partial charge >= 0.3 is 10.1 Å². The van der Waals surface area contributed by atoms with Gasteiger partial charge in [-0.3, -0.25) is 0 Å². The van der Waals surface area contributed by atoms with Crippen LogP contribution in [-0.2, 0) is 20.1 Å². The largest absolute Gasteiger partial charge is 0.493 e. The molecule has 0 radical (unpaired) electrons. The molecule has 0 amide bonds. The fourth-order valence-corrected chi connectivity index (χ4v) is 4.20. The van der Waals surface area contributed by atoms with Gasteiger partial charge in [0.05, 0.1) is 19.6 Å². The molecule has 0 N–H and O–H groups in total. The Kier molecular flexibility index (Phi) is 5.56. The third-order valence-electron chi connectivity index (χ3n) is 3.61. The van der Waals surface area contributed by atoms with E-state index in [4.69, 9.17) is 8.92 Å². The Bertz CT molecular complexity index is 830. The Morgan fingerprint density at radius 2 is 1.88 bits per heavy atom. The summed E-state index contributed by atoms with van der Waals surface area (Å²) in [5, 5.41) is 0. The van der Waals surface area contributed by atoms with Crippen LogP contribution in [0.1, 0.15) is 18.4 Å². The summed E-state index contributed by atoms with van der Waals surface area (Å²) in [6.45, 7) is 0.526. The Balaban J connectivity index is 2.21. The molecule has 134 valence electrons. The van der Waals surface area contributed by atoms with Crippen molar-refractivity contribution >= 4 is 26.2 Å². The lowest BCUT2D eigenvalue weighted by molar-refractivity contribution is 0.391. The second-order valence-electron chi connectivity index (χ2n) is 5.64. The number of sulfonamides is 1.